The van der Waals surface area contributed by atoms with Crippen molar-refractivity contribution in [3.63, 3.8) is 0 Å². The lowest BCUT2D eigenvalue weighted by Crippen LogP contribution is -2.49. The molecule has 27 heavy (non-hydrogen) atoms. The van der Waals surface area contributed by atoms with E-state index in [1.165, 1.54) is 7.11 Å². The Bertz CT molecular complexity index is 921. The van der Waals surface area contributed by atoms with Crippen molar-refractivity contribution in [2.75, 3.05) is 38.2 Å². The molecule has 0 saturated carbocycles. The number of aromatic nitrogens is 5. The van der Waals surface area contributed by atoms with Crippen molar-refractivity contribution in [2.24, 2.45) is 0 Å². The molecule has 1 aliphatic rings. The molecule has 0 aliphatic carbocycles. The number of anilines is 1. The van der Waals surface area contributed by atoms with Crippen LogP contribution in [0.4, 0.5) is 5.82 Å². The number of rotatable bonds is 4. The zero-order valence-corrected chi connectivity index (χ0v) is 14.9. The first-order valence-electron chi connectivity index (χ1n) is 8.60. The van der Waals surface area contributed by atoms with Crippen molar-refractivity contribution in [3.05, 3.63) is 55.0 Å². The fourth-order valence-electron chi connectivity index (χ4n) is 3.07. The molecule has 3 aromatic heterocycles. The molecule has 3 aromatic rings. The minimum absolute atomic E-state index is 0.0682. The van der Waals surface area contributed by atoms with Gasteiger partial charge in [0.05, 0.1) is 7.11 Å². The number of pyridine rings is 1. The summed E-state index contributed by atoms with van der Waals surface area (Å²) in [5, 5.41) is 0. The minimum Gasteiger partial charge on any atom is -0.480 e. The number of amides is 1. The summed E-state index contributed by atoms with van der Waals surface area (Å²) >= 11 is 0. The first-order chi connectivity index (χ1) is 13.3. The fraction of sp³-hybridized carbons (Fsp3) is 0.278. The van der Waals surface area contributed by atoms with E-state index in [0.717, 1.165) is 11.6 Å². The number of ether oxygens (including phenoxy) is 1. The van der Waals surface area contributed by atoms with Gasteiger partial charge in [0, 0.05) is 50.8 Å². The summed E-state index contributed by atoms with van der Waals surface area (Å²) in [4.78, 5) is 33.5. The van der Waals surface area contributed by atoms with Crippen molar-refractivity contribution >= 4 is 11.7 Å². The molecular weight excluding hydrogens is 346 g/mol. The van der Waals surface area contributed by atoms with Gasteiger partial charge in [-0.15, -0.1) is 0 Å². The first-order valence-corrected chi connectivity index (χ1v) is 8.60. The summed E-state index contributed by atoms with van der Waals surface area (Å²) in [6, 6.07) is 5.40. The third-order valence-electron chi connectivity index (χ3n) is 4.49. The molecule has 0 radical (unpaired) electrons. The molecule has 1 amide bonds. The van der Waals surface area contributed by atoms with Crippen LogP contribution in [0.25, 0.3) is 5.82 Å². The molecular formula is C18H19N7O2. The van der Waals surface area contributed by atoms with Crippen LogP contribution in [0.15, 0.2) is 49.4 Å². The van der Waals surface area contributed by atoms with E-state index < -0.39 is 0 Å². The SMILES string of the molecule is COc1ncccc1C(=O)N1CCN(c2cc(-n3ccnc3)ncn2)CC1. The number of hydrogen-bond donors (Lipinski definition) is 0. The van der Waals surface area contributed by atoms with Gasteiger partial charge in [-0.05, 0) is 12.1 Å². The van der Waals surface area contributed by atoms with Crippen LogP contribution in [0.2, 0.25) is 0 Å². The minimum atomic E-state index is -0.0682. The highest BCUT2D eigenvalue weighted by Gasteiger charge is 2.25. The molecule has 4 heterocycles. The van der Waals surface area contributed by atoms with Crippen LogP contribution in [-0.4, -0.2) is 68.6 Å². The van der Waals surface area contributed by atoms with Gasteiger partial charge in [0.25, 0.3) is 5.91 Å². The third kappa shape index (κ3) is 3.43. The Hall–Kier alpha value is -3.49. The highest BCUT2D eigenvalue weighted by Crippen LogP contribution is 2.20. The van der Waals surface area contributed by atoms with Gasteiger partial charge in [0.1, 0.15) is 29.9 Å². The number of nitrogens with zero attached hydrogens (tertiary/aromatic N) is 7. The molecule has 0 N–H and O–H groups in total. The molecule has 0 aromatic carbocycles. The molecule has 1 fully saturated rings. The Morgan fingerprint density at radius 2 is 1.89 bits per heavy atom. The average molecular weight is 365 g/mol. The Balaban J connectivity index is 1.45. The molecule has 0 spiro atoms. The zero-order valence-electron chi connectivity index (χ0n) is 14.9. The van der Waals surface area contributed by atoms with Gasteiger partial charge in [-0.25, -0.2) is 19.9 Å². The van der Waals surface area contributed by atoms with Crippen molar-refractivity contribution < 1.29 is 9.53 Å². The Morgan fingerprint density at radius 3 is 2.63 bits per heavy atom. The van der Waals surface area contributed by atoms with E-state index in [1.807, 2.05) is 21.7 Å². The third-order valence-corrected chi connectivity index (χ3v) is 4.49. The normalized spacial score (nSPS) is 14.3. The highest BCUT2D eigenvalue weighted by molar-refractivity contribution is 5.96. The molecule has 0 atom stereocenters. The van der Waals surface area contributed by atoms with Gasteiger partial charge in [-0.2, -0.15) is 0 Å². The summed E-state index contributed by atoms with van der Waals surface area (Å²) < 4.78 is 7.04. The monoisotopic (exact) mass is 365 g/mol. The molecule has 0 unspecified atom stereocenters. The second kappa shape index (κ2) is 7.40. The summed E-state index contributed by atoms with van der Waals surface area (Å²) in [6.07, 6.45) is 8.40. The average Bonchev–Trinajstić information content (AvgIpc) is 3.28. The van der Waals surface area contributed by atoms with Crippen molar-refractivity contribution in [1.29, 1.82) is 0 Å². The standard InChI is InChI=1S/C18H19N7O2/c1-27-17-14(3-2-4-20-17)18(26)24-9-7-23(8-10-24)15-11-16(22-12-21-15)25-6-5-19-13-25/h2-6,11-13H,7-10H2,1H3. The summed E-state index contributed by atoms with van der Waals surface area (Å²) in [5.41, 5.74) is 0.484. The number of carbonyl (C=O) groups excluding carboxylic acids is 1. The lowest BCUT2D eigenvalue weighted by atomic mass is 10.2. The van der Waals surface area contributed by atoms with E-state index in [0.29, 0.717) is 37.6 Å². The van der Waals surface area contributed by atoms with E-state index in [9.17, 15) is 4.79 Å². The van der Waals surface area contributed by atoms with Gasteiger partial charge in [-0.3, -0.25) is 9.36 Å². The lowest BCUT2D eigenvalue weighted by molar-refractivity contribution is 0.0742. The largest absolute Gasteiger partial charge is 0.480 e. The molecule has 0 bridgehead atoms. The number of piperazine rings is 1. The molecule has 1 aliphatic heterocycles. The van der Waals surface area contributed by atoms with E-state index in [2.05, 4.69) is 24.8 Å². The smallest absolute Gasteiger partial charge is 0.259 e. The van der Waals surface area contributed by atoms with Crippen molar-refractivity contribution in [2.45, 2.75) is 0 Å². The summed E-state index contributed by atoms with van der Waals surface area (Å²) in [7, 11) is 1.52. The topological polar surface area (TPSA) is 89.3 Å². The Morgan fingerprint density at radius 1 is 1.07 bits per heavy atom. The molecule has 1 saturated heterocycles. The van der Waals surface area contributed by atoms with Crippen LogP contribution in [0, 0.1) is 0 Å². The van der Waals surface area contributed by atoms with Crippen molar-refractivity contribution in [1.82, 2.24) is 29.4 Å². The first kappa shape index (κ1) is 17.0. The van der Waals surface area contributed by atoms with E-state index in [1.54, 1.807) is 37.2 Å². The van der Waals surface area contributed by atoms with Gasteiger partial charge < -0.3 is 14.5 Å². The van der Waals surface area contributed by atoms with Crippen molar-refractivity contribution in [3.8, 4) is 11.7 Å². The predicted octanol–water partition coefficient (Wildman–Crippen LogP) is 1.03. The molecule has 4 rings (SSSR count). The quantitative estimate of drug-likeness (QED) is 0.682. The molecule has 138 valence electrons. The highest BCUT2D eigenvalue weighted by atomic mass is 16.5. The maximum atomic E-state index is 12.8. The second-order valence-corrected chi connectivity index (χ2v) is 6.04. The Kier molecular flexibility index (Phi) is 4.65. The maximum Gasteiger partial charge on any atom is 0.259 e. The van der Waals surface area contributed by atoms with E-state index >= 15 is 0 Å². The predicted molar refractivity (Wildman–Crippen MR) is 98.1 cm³/mol. The summed E-state index contributed by atoms with van der Waals surface area (Å²) in [6.45, 7) is 2.58. The van der Waals surface area contributed by atoms with Crippen LogP contribution in [0.5, 0.6) is 5.88 Å². The van der Waals surface area contributed by atoms with E-state index in [4.69, 9.17) is 4.74 Å². The van der Waals surface area contributed by atoms with Gasteiger partial charge in [-0.1, -0.05) is 0 Å². The van der Waals surface area contributed by atoms with Crippen LogP contribution >= 0.6 is 0 Å². The molecule has 9 heteroatoms. The lowest BCUT2D eigenvalue weighted by Gasteiger charge is -2.35. The number of carbonyl (C=O) groups is 1. The van der Waals surface area contributed by atoms with Crippen LogP contribution in [0.1, 0.15) is 10.4 Å². The van der Waals surface area contributed by atoms with Crippen LogP contribution < -0.4 is 9.64 Å². The number of methoxy groups -OCH3 is 1. The van der Waals surface area contributed by atoms with Gasteiger partial charge in [0.15, 0.2) is 0 Å². The fourth-order valence-corrected chi connectivity index (χ4v) is 3.07. The Labute approximate surface area is 156 Å². The van der Waals surface area contributed by atoms with Gasteiger partial charge >= 0.3 is 0 Å². The van der Waals surface area contributed by atoms with E-state index in [-0.39, 0.29) is 5.91 Å². The number of hydrogen-bond acceptors (Lipinski definition) is 7. The van der Waals surface area contributed by atoms with Crippen LogP contribution in [-0.2, 0) is 0 Å². The maximum absolute atomic E-state index is 12.8. The second-order valence-electron chi connectivity index (χ2n) is 6.04. The zero-order chi connectivity index (χ0) is 18.6. The van der Waals surface area contributed by atoms with Gasteiger partial charge in [0.2, 0.25) is 5.88 Å². The number of imidazole rings is 1. The molecule has 9 nitrogen and oxygen atoms in total. The van der Waals surface area contributed by atoms with Crippen LogP contribution in [0.3, 0.4) is 0 Å². The summed E-state index contributed by atoms with van der Waals surface area (Å²) in [5.74, 6) is 1.88.